The van der Waals surface area contributed by atoms with E-state index >= 15 is 0 Å². The molecule has 1 fully saturated rings. The maximum atomic E-state index is 9.85. The Labute approximate surface area is 159 Å². The smallest absolute Gasteiger partial charge is 0.320 e. The third kappa shape index (κ3) is 4.71. The number of β-amino-alcohol motifs (C(OH)–C–C–N with tert-alkyl or cyclic N) is 1. The zero-order chi connectivity index (χ0) is 19.4. The van der Waals surface area contributed by atoms with Crippen molar-refractivity contribution in [3.8, 4) is 11.8 Å². The standard InChI is InChI=1S/C19H27N5O3/c1-12(2)27-19-22-17(21-10-13-4-6-15(26-3)7-5-13)16(20)18(23-19)24-9-8-14(25)11-24/h4-7,12,14,25H,8-11,20H2,1-3H3,(H,21,22,23). The van der Waals surface area contributed by atoms with Gasteiger partial charge in [0.05, 0.1) is 19.3 Å². The van der Waals surface area contributed by atoms with Crippen LogP contribution < -0.4 is 25.4 Å². The van der Waals surface area contributed by atoms with Crippen LogP contribution in [0, 0.1) is 0 Å². The van der Waals surface area contributed by atoms with Crippen molar-refractivity contribution in [2.75, 3.05) is 36.1 Å². The minimum atomic E-state index is -0.371. The highest BCUT2D eigenvalue weighted by Gasteiger charge is 2.25. The number of nitrogens with one attached hydrogen (secondary N) is 1. The molecule has 0 bridgehead atoms. The summed E-state index contributed by atoms with van der Waals surface area (Å²) in [4.78, 5) is 10.9. The molecule has 2 aromatic rings. The van der Waals surface area contributed by atoms with Crippen LogP contribution in [0.2, 0.25) is 0 Å². The van der Waals surface area contributed by atoms with Gasteiger partial charge in [0.1, 0.15) is 11.4 Å². The van der Waals surface area contributed by atoms with E-state index in [1.807, 2.05) is 43.0 Å². The van der Waals surface area contributed by atoms with Gasteiger partial charge in [0.2, 0.25) is 0 Å². The first-order chi connectivity index (χ1) is 13.0. The van der Waals surface area contributed by atoms with Crippen LogP contribution >= 0.6 is 0 Å². The first kappa shape index (κ1) is 19.0. The van der Waals surface area contributed by atoms with Gasteiger partial charge in [0.25, 0.3) is 0 Å². The Morgan fingerprint density at radius 3 is 2.63 bits per heavy atom. The highest BCUT2D eigenvalue weighted by Crippen LogP contribution is 2.32. The zero-order valence-corrected chi connectivity index (χ0v) is 16.0. The number of rotatable bonds is 7. The molecule has 0 radical (unpaired) electrons. The molecule has 1 aliphatic heterocycles. The lowest BCUT2D eigenvalue weighted by atomic mass is 10.2. The number of nitrogens with zero attached hydrogens (tertiary/aromatic N) is 3. The van der Waals surface area contributed by atoms with Crippen LogP contribution in [0.3, 0.4) is 0 Å². The van der Waals surface area contributed by atoms with Crippen LogP contribution in [0.5, 0.6) is 11.8 Å². The van der Waals surface area contributed by atoms with E-state index in [-0.39, 0.29) is 18.2 Å². The van der Waals surface area contributed by atoms with E-state index in [1.165, 1.54) is 0 Å². The highest BCUT2D eigenvalue weighted by molar-refractivity contribution is 5.76. The summed E-state index contributed by atoms with van der Waals surface area (Å²) in [6.45, 7) is 5.59. The number of aliphatic hydroxyl groups is 1. The molecule has 2 heterocycles. The van der Waals surface area contributed by atoms with Gasteiger partial charge in [-0.15, -0.1) is 0 Å². The Morgan fingerprint density at radius 1 is 1.30 bits per heavy atom. The monoisotopic (exact) mass is 373 g/mol. The van der Waals surface area contributed by atoms with Gasteiger partial charge in [-0.1, -0.05) is 12.1 Å². The van der Waals surface area contributed by atoms with Crippen LogP contribution in [0.15, 0.2) is 24.3 Å². The van der Waals surface area contributed by atoms with E-state index < -0.39 is 0 Å². The van der Waals surface area contributed by atoms with Crippen molar-refractivity contribution in [3.05, 3.63) is 29.8 Å². The molecule has 27 heavy (non-hydrogen) atoms. The summed E-state index contributed by atoms with van der Waals surface area (Å²) in [5.41, 5.74) is 7.85. The van der Waals surface area contributed by atoms with Crippen molar-refractivity contribution in [2.45, 2.75) is 39.0 Å². The van der Waals surface area contributed by atoms with Gasteiger partial charge >= 0.3 is 6.01 Å². The molecule has 8 nitrogen and oxygen atoms in total. The van der Waals surface area contributed by atoms with Crippen LogP contribution in [-0.4, -0.2) is 47.5 Å². The average molecular weight is 373 g/mol. The van der Waals surface area contributed by atoms with E-state index in [9.17, 15) is 5.11 Å². The van der Waals surface area contributed by atoms with Crippen LogP contribution in [-0.2, 0) is 6.54 Å². The van der Waals surface area contributed by atoms with Gasteiger partial charge in [-0.25, -0.2) is 0 Å². The van der Waals surface area contributed by atoms with E-state index in [2.05, 4.69) is 15.3 Å². The van der Waals surface area contributed by atoms with Crippen molar-refractivity contribution >= 4 is 17.3 Å². The van der Waals surface area contributed by atoms with Crippen LogP contribution in [0.1, 0.15) is 25.8 Å². The second-order valence-corrected chi connectivity index (χ2v) is 6.85. The fourth-order valence-electron chi connectivity index (χ4n) is 2.94. The molecular formula is C19H27N5O3. The first-order valence-electron chi connectivity index (χ1n) is 9.10. The minimum absolute atomic E-state index is 0.0555. The number of methoxy groups -OCH3 is 1. The number of hydrogen-bond donors (Lipinski definition) is 3. The van der Waals surface area contributed by atoms with E-state index in [0.717, 1.165) is 11.3 Å². The molecule has 1 aliphatic rings. The van der Waals surface area contributed by atoms with Gasteiger partial charge < -0.3 is 30.5 Å². The van der Waals surface area contributed by atoms with Gasteiger partial charge in [-0.3, -0.25) is 0 Å². The summed E-state index contributed by atoms with van der Waals surface area (Å²) < 4.78 is 10.9. The summed E-state index contributed by atoms with van der Waals surface area (Å²) in [5, 5.41) is 13.1. The molecule has 0 amide bonds. The lowest BCUT2D eigenvalue weighted by molar-refractivity contribution is 0.198. The molecule has 8 heteroatoms. The van der Waals surface area contributed by atoms with Crippen molar-refractivity contribution in [1.29, 1.82) is 0 Å². The van der Waals surface area contributed by atoms with Gasteiger partial charge in [0, 0.05) is 19.6 Å². The van der Waals surface area contributed by atoms with Crippen molar-refractivity contribution in [1.82, 2.24) is 9.97 Å². The summed E-state index contributed by atoms with van der Waals surface area (Å²) in [5.74, 6) is 1.92. The van der Waals surface area contributed by atoms with Crippen LogP contribution in [0.4, 0.5) is 17.3 Å². The van der Waals surface area contributed by atoms with Gasteiger partial charge in [-0.05, 0) is 38.0 Å². The number of aromatic nitrogens is 2. The number of ether oxygens (including phenoxy) is 2. The summed E-state index contributed by atoms with van der Waals surface area (Å²) in [6.07, 6.45) is 0.267. The SMILES string of the molecule is COc1ccc(CNc2nc(OC(C)C)nc(N3CCC(O)C3)c2N)cc1. The summed E-state index contributed by atoms with van der Waals surface area (Å²) >= 11 is 0. The molecule has 1 saturated heterocycles. The number of benzene rings is 1. The van der Waals surface area contributed by atoms with Gasteiger partial charge in [0.15, 0.2) is 11.6 Å². The molecular weight excluding hydrogens is 346 g/mol. The maximum absolute atomic E-state index is 9.85. The maximum Gasteiger partial charge on any atom is 0.320 e. The molecule has 0 spiro atoms. The fraction of sp³-hybridized carbons (Fsp3) is 0.474. The first-order valence-corrected chi connectivity index (χ1v) is 9.10. The minimum Gasteiger partial charge on any atom is -0.497 e. The van der Waals surface area contributed by atoms with E-state index in [1.54, 1.807) is 7.11 Å². The van der Waals surface area contributed by atoms with E-state index in [4.69, 9.17) is 15.2 Å². The number of anilines is 3. The molecule has 1 aromatic carbocycles. The molecule has 3 rings (SSSR count). The van der Waals surface area contributed by atoms with Gasteiger partial charge in [-0.2, -0.15) is 9.97 Å². The highest BCUT2D eigenvalue weighted by atomic mass is 16.5. The van der Waals surface area contributed by atoms with Crippen molar-refractivity contribution < 1.29 is 14.6 Å². The Kier molecular flexibility index (Phi) is 5.85. The lowest BCUT2D eigenvalue weighted by Crippen LogP contribution is -2.25. The largest absolute Gasteiger partial charge is 0.497 e. The lowest BCUT2D eigenvalue weighted by Gasteiger charge is -2.21. The average Bonchev–Trinajstić information content (AvgIpc) is 3.08. The molecule has 1 unspecified atom stereocenters. The number of aliphatic hydroxyl groups excluding tert-OH is 1. The second kappa shape index (κ2) is 8.30. The molecule has 0 saturated carbocycles. The van der Waals surface area contributed by atoms with Crippen LogP contribution in [0.25, 0.3) is 0 Å². The quantitative estimate of drug-likeness (QED) is 0.677. The molecule has 1 aromatic heterocycles. The molecule has 0 aliphatic carbocycles. The normalized spacial score (nSPS) is 16.6. The third-order valence-corrected chi connectivity index (χ3v) is 4.33. The van der Waals surface area contributed by atoms with Crippen molar-refractivity contribution in [2.24, 2.45) is 0 Å². The Morgan fingerprint density at radius 2 is 2.04 bits per heavy atom. The Bertz CT molecular complexity index is 767. The molecule has 4 N–H and O–H groups in total. The predicted octanol–water partition coefficient (Wildman–Crippen LogP) is 2.04. The molecule has 146 valence electrons. The number of hydrogen-bond acceptors (Lipinski definition) is 8. The fourth-order valence-corrected chi connectivity index (χ4v) is 2.94. The Hall–Kier alpha value is -2.74. The topological polar surface area (TPSA) is 106 Å². The predicted molar refractivity (Wildman–Crippen MR) is 105 cm³/mol. The molecule has 1 atom stereocenters. The summed E-state index contributed by atoms with van der Waals surface area (Å²) in [6, 6.07) is 8.04. The Balaban J connectivity index is 1.83. The zero-order valence-electron chi connectivity index (χ0n) is 16.0. The summed E-state index contributed by atoms with van der Waals surface area (Å²) in [7, 11) is 1.64. The number of nitrogen functional groups attached to an aromatic ring is 1. The second-order valence-electron chi connectivity index (χ2n) is 6.85. The number of nitrogens with two attached hydrogens (primary N) is 1. The third-order valence-electron chi connectivity index (χ3n) is 4.33. The van der Waals surface area contributed by atoms with Crippen molar-refractivity contribution in [3.63, 3.8) is 0 Å². The van der Waals surface area contributed by atoms with E-state index in [0.29, 0.717) is 43.4 Å².